The topological polar surface area (TPSA) is 85.3 Å². The van der Waals surface area contributed by atoms with E-state index >= 15 is 0 Å². The summed E-state index contributed by atoms with van der Waals surface area (Å²) in [6, 6.07) is 12.1. The highest BCUT2D eigenvalue weighted by Crippen LogP contribution is 2.36. The predicted octanol–water partition coefficient (Wildman–Crippen LogP) is 3.06. The highest BCUT2D eigenvalue weighted by molar-refractivity contribution is 5.95. The molecule has 1 saturated heterocycles. The van der Waals surface area contributed by atoms with E-state index in [1.165, 1.54) is 6.08 Å². The van der Waals surface area contributed by atoms with E-state index in [1.807, 2.05) is 29.2 Å². The third kappa shape index (κ3) is 5.38. The molecule has 200 valence electrons. The molecule has 2 aliphatic rings. The molecule has 0 aliphatic carbocycles. The predicted molar refractivity (Wildman–Crippen MR) is 150 cm³/mol. The molecule has 1 N–H and O–H groups in total. The van der Waals surface area contributed by atoms with Gasteiger partial charge in [-0.3, -0.25) is 4.79 Å². The number of likely N-dealkylation sites (N-methyl/N-ethyl adjacent to an activating group) is 1. The second-order valence-electron chi connectivity index (χ2n) is 9.87. The van der Waals surface area contributed by atoms with Crippen LogP contribution in [0.2, 0.25) is 0 Å². The monoisotopic (exact) mass is 516 g/mol. The SMILES string of the molecule is C=CC(=O)N1CCN(c2nc(OCCN(C)CC)nc3c2CCN(c2cc(O)cc4ccccc24)C3)CC1. The van der Waals surface area contributed by atoms with E-state index in [1.54, 1.807) is 6.07 Å². The quantitative estimate of drug-likeness (QED) is 0.458. The average Bonchev–Trinajstić information content (AvgIpc) is 2.95. The number of ether oxygens (including phenoxy) is 1. The summed E-state index contributed by atoms with van der Waals surface area (Å²) < 4.78 is 6.06. The highest BCUT2D eigenvalue weighted by Gasteiger charge is 2.29. The zero-order chi connectivity index (χ0) is 26.6. The van der Waals surface area contributed by atoms with Crippen molar-refractivity contribution < 1.29 is 14.6 Å². The van der Waals surface area contributed by atoms with Crippen LogP contribution in [0.5, 0.6) is 11.8 Å². The van der Waals surface area contributed by atoms with Crippen LogP contribution in [0.3, 0.4) is 0 Å². The highest BCUT2D eigenvalue weighted by atomic mass is 16.5. The molecule has 0 radical (unpaired) electrons. The van der Waals surface area contributed by atoms with E-state index in [9.17, 15) is 9.90 Å². The number of fused-ring (bicyclic) bond motifs is 2. The summed E-state index contributed by atoms with van der Waals surface area (Å²) in [7, 11) is 2.06. The van der Waals surface area contributed by atoms with Gasteiger partial charge < -0.3 is 29.4 Å². The number of piperazine rings is 1. The van der Waals surface area contributed by atoms with E-state index in [0.29, 0.717) is 45.3 Å². The third-order valence-corrected chi connectivity index (χ3v) is 7.50. The van der Waals surface area contributed by atoms with E-state index in [2.05, 4.69) is 41.3 Å². The average molecular weight is 517 g/mol. The fraction of sp³-hybridized carbons (Fsp3) is 0.414. The number of nitrogens with zero attached hydrogens (tertiary/aromatic N) is 6. The van der Waals surface area contributed by atoms with Gasteiger partial charge in [-0.05, 0) is 37.5 Å². The Hall–Kier alpha value is -3.85. The lowest BCUT2D eigenvalue weighted by Crippen LogP contribution is -2.49. The van der Waals surface area contributed by atoms with E-state index < -0.39 is 0 Å². The maximum Gasteiger partial charge on any atom is 0.318 e. The molecule has 3 aromatic rings. The lowest BCUT2D eigenvalue weighted by Gasteiger charge is -2.38. The molecule has 0 spiro atoms. The van der Waals surface area contributed by atoms with Crippen molar-refractivity contribution in [2.24, 2.45) is 0 Å². The Morgan fingerprint density at radius 2 is 1.92 bits per heavy atom. The van der Waals surface area contributed by atoms with Crippen LogP contribution >= 0.6 is 0 Å². The number of phenolic OH excluding ortho intramolecular Hbond substituents is 1. The van der Waals surface area contributed by atoms with Crippen LogP contribution in [0.1, 0.15) is 18.2 Å². The summed E-state index contributed by atoms with van der Waals surface area (Å²) in [5.74, 6) is 1.12. The van der Waals surface area contributed by atoms with Crippen LogP contribution in [-0.2, 0) is 17.8 Å². The molecule has 1 aromatic heterocycles. The number of aromatic hydroxyl groups is 1. The smallest absolute Gasteiger partial charge is 0.318 e. The Bertz CT molecular complexity index is 1320. The first kappa shape index (κ1) is 25.8. The van der Waals surface area contributed by atoms with Gasteiger partial charge in [0.1, 0.15) is 18.2 Å². The molecule has 1 fully saturated rings. The van der Waals surface area contributed by atoms with Crippen molar-refractivity contribution in [3.63, 3.8) is 0 Å². The first-order chi connectivity index (χ1) is 18.5. The van der Waals surface area contributed by atoms with Gasteiger partial charge in [0.2, 0.25) is 5.91 Å². The molecule has 5 rings (SSSR count). The molecule has 0 unspecified atom stereocenters. The Labute approximate surface area is 223 Å². The standard InChI is InChI=1S/C29H36N6O3/c1-4-27(37)33-12-14-34(15-13-33)28-24-10-11-35(26-19-22(36)18-21-8-6-7-9-23(21)26)20-25(24)30-29(31-28)38-17-16-32(3)5-2/h4,6-9,18-19,36H,1,5,10-17,20H2,2-3H3. The molecule has 0 atom stereocenters. The summed E-state index contributed by atoms with van der Waals surface area (Å²) in [6.45, 7) is 12.0. The minimum atomic E-state index is -0.0348. The van der Waals surface area contributed by atoms with Crippen LogP contribution < -0.4 is 14.5 Å². The Kier molecular flexibility index (Phi) is 7.64. The summed E-state index contributed by atoms with van der Waals surface area (Å²) in [6.07, 6.45) is 2.15. The van der Waals surface area contributed by atoms with Crippen LogP contribution in [0.25, 0.3) is 10.8 Å². The minimum Gasteiger partial charge on any atom is -0.508 e. The molecule has 2 aliphatic heterocycles. The Morgan fingerprint density at radius 1 is 1.13 bits per heavy atom. The molecule has 9 nitrogen and oxygen atoms in total. The van der Waals surface area contributed by atoms with Crippen LogP contribution in [0.4, 0.5) is 11.5 Å². The largest absolute Gasteiger partial charge is 0.508 e. The maximum absolute atomic E-state index is 12.1. The molecule has 1 amide bonds. The lowest BCUT2D eigenvalue weighted by molar-refractivity contribution is -0.126. The number of hydrogen-bond acceptors (Lipinski definition) is 8. The number of hydrogen-bond donors (Lipinski definition) is 1. The zero-order valence-electron chi connectivity index (χ0n) is 22.3. The second-order valence-corrected chi connectivity index (χ2v) is 9.87. The number of carbonyl (C=O) groups is 1. The number of phenols is 1. The summed E-state index contributed by atoms with van der Waals surface area (Å²) in [5.41, 5.74) is 3.07. The van der Waals surface area contributed by atoms with Gasteiger partial charge in [0.25, 0.3) is 0 Å². The number of amides is 1. The van der Waals surface area contributed by atoms with Gasteiger partial charge in [-0.25, -0.2) is 0 Å². The maximum atomic E-state index is 12.1. The Balaban J connectivity index is 1.45. The van der Waals surface area contributed by atoms with Crippen molar-refractivity contribution in [1.82, 2.24) is 19.8 Å². The van der Waals surface area contributed by atoms with Crippen molar-refractivity contribution in [3.05, 3.63) is 60.3 Å². The van der Waals surface area contributed by atoms with Crippen LogP contribution in [-0.4, -0.2) is 90.2 Å². The molecular weight excluding hydrogens is 480 g/mol. The van der Waals surface area contributed by atoms with E-state index in [0.717, 1.165) is 59.6 Å². The number of aromatic nitrogens is 2. The van der Waals surface area contributed by atoms with E-state index in [4.69, 9.17) is 14.7 Å². The first-order valence-corrected chi connectivity index (χ1v) is 13.3. The molecule has 38 heavy (non-hydrogen) atoms. The van der Waals surface area contributed by atoms with Gasteiger partial charge in [-0.1, -0.05) is 37.8 Å². The third-order valence-electron chi connectivity index (χ3n) is 7.50. The summed E-state index contributed by atoms with van der Waals surface area (Å²) in [4.78, 5) is 30.4. The summed E-state index contributed by atoms with van der Waals surface area (Å²) >= 11 is 0. The van der Waals surface area contributed by atoms with Crippen molar-refractivity contribution in [3.8, 4) is 11.8 Å². The zero-order valence-corrected chi connectivity index (χ0v) is 22.3. The molecule has 0 saturated carbocycles. The minimum absolute atomic E-state index is 0.0348. The van der Waals surface area contributed by atoms with Crippen molar-refractivity contribution in [1.29, 1.82) is 0 Å². The number of carbonyl (C=O) groups excluding carboxylic acids is 1. The fourth-order valence-electron chi connectivity index (χ4n) is 5.18. The van der Waals surface area contributed by atoms with Crippen LogP contribution in [0.15, 0.2) is 49.1 Å². The van der Waals surface area contributed by atoms with Crippen molar-refractivity contribution >= 4 is 28.2 Å². The van der Waals surface area contributed by atoms with Gasteiger partial charge in [0, 0.05) is 62.0 Å². The lowest BCUT2D eigenvalue weighted by atomic mass is 10.0. The van der Waals surface area contributed by atoms with Crippen molar-refractivity contribution in [2.45, 2.75) is 19.9 Å². The first-order valence-electron chi connectivity index (χ1n) is 13.3. The van der Waals surface area contributed by atoms with Crippen molar-refractivity contribution in [2.75, 3.05) is 69.3 Å². The number of anilines is 2. The Morgan fingerprint density at radius 3 is 2.68 bits per heavy atom. The molecular formula is C29H36N6O3. The number of rotatable bonds is 8. The van der Waals surface area contributed by atoms with Gasteiger partial charge in [0.05, 0.1) is 12.2 Å². The summed E-state index contributed by atoms with van der Waals surface area (Å²) in [5, 5.41) is 12.5. The van der Waals surface area contributed by atoms with Gasteiger partial charge in [-0.2, -0.15) is 9.97 Å². The second kappa shape index (κ2) is 11.3. The van der Waals surface area contributed by atoms with Gasteiger partial charge in [-0.15, -0.1) is 0 Å². The molecule has 9 heteroatoms. The van der Waals surface area contributed by atoms with E-state index in [-0.39, 0.29) is 11.7 Å². The number of benzene rings is 2. The molecule has 3 heterocycles. The molecule has 2 aromatic carbocycles. The fourth-order valence-corrected chi connectivity index (χ4v) is 5.18. The van der Waals surface area contributed by atoms with Crippen LogP contribution in [0, 0.1) is 0 Å². The van der Waals surface area contributed by atoms with Gasteiger partial charge >= 0.3 is 6.01 Å². The normalized spacial score (nSPS) is 15.6. The molecule has 0 bridgehead atoms. The van der Waals surface area contributed by atoms with Gasteiger partial charge in [0.15, 0.2) is 0 Å².